The third-order valence-electron chi connectivity index (χ3n) is 3.26. The number of hydrogen-bond acceptors (Lipinski definition) is 3. The molecular weight excluding hydrogens is 186 g/mol. The van der Waals surface area contributed by atoms with Gasteiger partial charge in [-0.2, -0.15) is 0 Å². The maximum atomic E-state index is 3.62. The molecule has 1 rings (SSSR count). The van der Waals surface area contributed by atoms with Gasteiger partial charge in [-0.25, -0.2) is 0 Å². The van der Waals surface area contributed by atoms with E-state index in [1.165, 1.54) is 25.9 Å². The molecular formula is C12H27N3. The number of nitrogens with one attached hydrogen (secondary N) is 2. The average Bonchev–Trinajstić information content (AvgIpc) is 2.51. The van der Waals surface area contributed by atoms with Crippen LogP contribution in [0.3, 0.4) is 0 Å². The monoisotopic (exact) mass is 213 g/mol. The maximum Gasteiger partial charge on any atom is 0.0249 e. The normalized spacial score (nSPS) is 23.6. The predicted molar refractivity (Wildman–Crippen MR) is 66.2 cm³/mol. The van der Waals surface area contributed by atoms with Crippen LogP contribution in [0.1, 0.15) is 26.7 Å². The van der Waals surface area contributed by atoms with Gasteiger partial charge in [0, 0.05) is 18.6 Å². The summed E-state index contributed by atoms with van der Waals surface area (Å²) in [7, 11) is 4.23. The molecule has 1 heterocycles. The Balaban J connectivity index is 2.10. The molecule has 0 bridgehead atoms. The van der Waals surface area contributed by atoms with Crippen molar-refractivity contribution in [3.05, 3.63) is 0 Å². The van der Waals surface area contributed by atoms with E-state index in [9.17, 15) is 0 Å². The van der Waals surface area contributed by atoms with Crippen molar-refractivity contribution in [3.8, 4) is 0 Å². The topological polar surface area (TPSA) is 27.3 Å². The van der Waals surface area contributed by atoms with Gasteiger partial charge in [-0.1, -0.05) is 0 Å². The molecule has 0 aromatic heterocycles. The van der Waals surface area contributed by atoms with Crippen LogP contribution in [0, 0.1) is 5.92 Å². The smallest absolute Gasteiger partial charge is 0.0249 e. The molecule has 3 nitrogen and oxygen atoms in total. The molecule has 0 saturated carbocycles. The summed E-state index contributed by atoms with van der Waals surface area (Å²) < 4.78 is 0. The van der Waals surface area contributed by atoms with E-state index in [-0.39, 0.29) is 5.54 Å². The van der Waals surface area contributed by atoms with Gasteiger partial charge >= 0.3 is 0 Å². The standard InChI is InChI=1S/C12H27N3/c1-12(2,10-13-3)14-7-5-11-6-8-15(4)9-11/h11,13-14H,5-10H2,1-4H3. The average molecular weight is 213 g/mol. The molecule has 1 aliphatic rings. The van der Waals surface area contributed by atoms with Gasteiger partial charge in [-0.3, -0.25) is 0 Å². The van der Waals surface area contributed by atoms with Crippen LogP contribution in [0.25, 0.3) is 0 Å². The SMILES string of the molecule is CNCC(C)(C)NCCC1CCN(C)C1. The van der Waals surface area contributed by atoms with E-state index < -0.39 is 0 Å². The summed E-state index contributed by atoms with van der Waals surface area (Å²) in [4.78, 5) is 2.43. The predicted octanol–water partition coefficient (Wildman–Crippen LogP) is 0.916. The molecule has 1 aliphatic heterocycles. The Hall–Kier alpha value is -0.120. The van der Waals surface area contributed by atoms with Gasteiger partial charge in [0.2, 0.25) is 0 Å². The molecule has 0 aliphatic carbocycles. The third-order valence-corrected chi connectivity index (χ3v) is 3.26. The van der Waals surface area contributed by atoms with Crippen LogP contribution in [0.15, 0.2) is 0 Å². The fraction of sp³-hybridized carbons (Fsp3) is 1.00. The van der Waals surface area contributed by atoms with E-state index in [1.54, 1.807) is 0 Å². The summed E-state index contributed by atoms with van der Waals surface area (Å²) in [6.45, 7) is 9.25. The van der Waals surface area contributed by atoms with Gasteiger partial charge < -0.3 is 15.5 Å². The molecule has 0 aromatic carbocycles. The van der Waals surface area contributed by atoms with E-state index >= 15 is 0 Å². The summed E-state index contributed by atoms with van der Waals surface area (Å²) in [6.07, 6.45) is 2.70. The highest BCUT2D eigenvalue weighted by molar-refractivity contribution is 4.81. The zero-order valence-corrected chi connectivity index (χ0v) is 10.8. The molecule has 0 aromatic rings. The second kappa shape index (κ2) is 5.83. The Bertz CT molecular complexity index is 180. The van der Waals surface area contributed by atoms with Gasteiger partial charge in [0.05, 0.1) is 0 Å². The van der Waals surface area contributed by atoms with Crippen molar-refractivity contribution in [2.75, 3.05) is 40.3 Å². The number of likely N-dealkylation sites (tertiary alicyclic amines) is 1. The van der Waals surface area contributed by atoms with Crippen molar-refractivity contribution in [3.63, 3.8) is 0 Å². The Kier molecular flexibility index (Phi) is 5.03. The molecule has 0 spiro atoms. The van der Waals surface area contributed by atoms with Gasteiger partial charge in [0.1, 0.15) is 0 Å². The van der Waals surface area contributed by atoms with Crippen molar-refractivity contribution in [2.24, 2.45) is 5.92 Å². The van der Waals surface area contributed by atoms with Crippen LogP contribution in [0.4, 0.5) is 0 Å². The summed E-state index contributed by atoms with van der Waals surface area (Å²) in [5.41, 5.74) is 0.221. The lowest BCUT2D eigenvalue weighted by Crippen LogP contribution is -2.47. The van der Waals surface area contributed by atoms with Crippen molar-refractivity contribution < 1.29 is 0 Å². The van der Waals surface area contributed by atoms with Crippen LogP contribution in [0.5, 0.6) is 0 Å². The lowest BCUT2D eigenvalue weighted by molar-refractivity contribution is 0.344. The summed E-state index contributed by atoms with van der Waals surface area (Å²) in [5, 5.41) is 6.84. The molecule has 1 atom stereocenters. The lowest BCUT2D eigenvalue weighted by Gasteiger charge is -2.26. The van der Waals surface area contributed by atoms with Gasteiger partial charge in [0.15, 0.2) is 0 Å². The molecule has 15 heavy (non-hydrogen) atoms. The highest BCUT2D eigenvalue weighted by Gasteiger charge is 2.20. The summed E-state index contributed by atoms with van der Waals surface area (Å²) in [6, 6.07) is 0. The van der Waals surface area contributed by atoms with Crippen molar-refractivity contribution in [1.82, 2.24) is 15.5 Å². The Labute approximate surface area is 94.6 Å². The van der Waals surface area contributed by atoms with E-state index in [2.05, 4.69) is 36.4 Å². The quantitative estimate of drug-likeness (QED) is 0.687. The van der Waals surface area contributed by atoms with E-state index in [0.717, 1.165) is 19.0 Å². The number of rotatable bonds is 6. The van der Waals surface area contributed by atoms with Crippen molar-refractivity contribution >= 4 is 0 Å². The summed E-state index contributed by atoms with van der Waals surface area (Å²) >= 11 is 0. The van der Waals surface area contributed by atoms with Crippen molar-refractivity contribution in [1.29, 1.82) is 0 Å². The minimum absolute atomic E-state index is 0.221. The first-order valence-corrected chi connectivity index (χ1v) is 6.12. The fourth-order valence-electron chi connectivity index (χ4n) is 2.38. The van der Waals surface area contributed by atoms with Crippen LogP contribution in [-0.2, 0) is 0 Å². The number of nitrogens with zero attached hydrogens (tertiary/aromatic N) is 1. The minimum atomic E-state index is 0.221. The highest BCUT2D eigenvalue weighted by atomic mass is 15.1. The number of likely N-dealkylation sites (N-methyl/N-ethyl adjacent to an activating group) is 1. The number of hydrogen-bond donors (Lipinski definition) is 2. The van der Waals surface area contributed by atoms with E-state index in [4.69, 9.17) is 0 Å². The molecule has 2 N–H and O–H groups in total. The third kappa shape index (κ3) is 4.96. The maximum absolute atomic E-state index is 3.62. The highest BCUT2D eigenvalue weighted by Crippen LogP contribution is 2.17. The van der Waals surface area contributed by atoms with Crippen LogP contribution in [0.2, 0.25) is 0 Å². The zero-order chi connectivity index (χ0) is 11.3. The van der Waals surface area contributed by atoms with Crippen molar-refractivity contribution in [2.45, 2.75) is 32.2 Å². The van der Waals surface area contributed by atoms with Crippen LogP contribution in [-0.4, -0.2) is 50.7 Å². The fourth-order valence-corrected chi connectivity index (χ4v) is 2.38. The van der Waals surface area contributed by atoms with Gasteiger partial charge in [-0.15, -0.1) is 0 Å². The Morgan fingerprint density at radius 3 is 2.67 bits per heavy atom. The molecule has 1 fully saturated rings. The Morgan fingerprint density at radius 1 is 1.40 bits per heavy atom. The van der Waals surface area contributed by atoms with E-state index in [0.29, 0.717) is 0 Å². The first kappa shape index (κ1) is 12.9. The lowest BCUT2D eigenvalue weighted by atomic mass is 10.0. The van der Waals surface area contributed by atoms with Crippen LogP contribution >= 0.6 is 0 Å². The second-order valence-corrected chi connectivity index (χ2v) is 5.55. The van der Waals surface area contributed by atoms with Gasteiger partial charge in [0.25, 0.3) is 0 Å². The first-order chi connectivity index (χ1) is 7.03. The first-order valence-electron chi connectivity index (χ1n) is 6.12. The molecule has 0 amide bonds. The van der Waals surface area contributed by atoms with E-state index in [1.807, 2.05) is 7.05 Å². The van der Waals surface area contributed by atoms with Crippen LogP contribution < -0.4 is 10.6 Å². The Morgan fingerprint density at radius 2 is 2.13 bits per heavy atom. The molecule has 1 saturated heterocycles. The summed E-state index contributed by atoms with van der Waals surface area (Å²) in [5.74, 6) is 0.910. The zero-order valence-electron chi connectivity index (χ0n) is 10.8. The molecule has 1 unspecified atom stereocenters. The minimum Gasteiger partial charge on any atom is -0.318 e. The second-order valence-electron chi connectivity index (χ2n) is 5.55. The van der Waals surface area contributed by atoms with Gasteiger partial charge in [-0.05, 0) is 59.8 Å². The molecule has 90 valence electrons. The largest absolute Gasteiger partial charge is 0.318 e. The molecule has 3 heteroatoms. The molecule has 0 radical (unpaired) electrons.